The molecule has 14 atom stereocenters. The number of halogens is 2. The zero-order valence-corrected chi connectivity index (χ0v) is 67.1. The number of phenolic OH excluding ortho intramolecular Hbond substituents is 2. The Labute approximate surface area is 688 Å². The second-order valence-electron chi connectivity index (χ2n) is 32.7. The molecule has 0 radical (unpaired) electrons. The van der Waals surface area contributed by atoms with Gasteiger partial charge in [-0.25, -0.2) is 9.59 Å². The lowest BCUT2D eigenvalue weighted by molar-refractivity contribution is -0.277. The van der Waals surface area contributed by atoms with Crippen molar-refractivity contribution >= 4 is 82.6 Å². The Kier molecular flexibility index (Phi) is 27.2. The molecule has 4 saturated carbocycles. The molecule has 5 aromatic carbocycles. The highest BCUT2D eigenvalue weighted by Crippen LogP contribution is 2.55. The average Bonchev–Trinajstić information content (AvgIpc) is 0.756. The van der Waals surface area contributed by atoms with Crippen LogP contribution in [-0.4, -0.2) is 180 Å². The van der Waals surface area contributed by atoms with E-state index in [1.165, 1.54) is 24.3 Å². The van der Waals surface area contributed by atoms with Gasteiger partial charge in [0.05, 0.1) is 23.1 Å². The van der Waals surface area contributed by atoms with Crippen LogP contribution in [0.5, 0.6) is 46.0 Å². The number of phenols is 2. The van der Waals surface area contributed by atoms with Crippen LogP contribution in [0, 0.1) is 29.6 Å². The standard InChI is InChI=1S/C82H100Cl2N10O24/c1-7-8-9-10-11-12-19-86-80(111)113-44-31-46-59(52(97)32-44)45-26-38(13-16-51(45)96)61-74(106)94-65(78(110)92-63(46)76(108)89-60-41-22-36-21-37(24-41)25-42(60)23-36)67(100)40-15-18-54(48(84)28-40)115-56-30-43-29-55(71(56)117-79-70(103)69(102)68(101)57(34-95)116-79)114-53-17-14-39(27-47(53)83)66(99)64(93-72(104)49(20-35(2)3)88-81(112)118-82(4,5)6)77(109)87-50(33-58(85)98)73(105)90-62(43)75(107)91-61/h13-18,26-32,35-37,41-42,49-50,57,60-70,79,95-97,99-103H,7-12,19-25,33-34H2,1-6H3,(H2,85,98)(H,86,111)(H,87,109)(H,88,112)(H,89,108)(H,90,105)(H,91,107)(H,92,110)(H,93,104)(H,94,106)/t36?,37?,41?,42?,49-,50+,57?,60?,61-,62-,63+,64-,65?,66-,67-,68?,69?,70?,79?/m1/s1. The van der Waals surface area contributed by atoms with Gasteiger partial charge in [-0.15, -0.1) is 0 Å². The summed E-state index contributed by atoms with van der Waals surface area (Å²) in [6.45, 7) is 9.49. The van der Waals surface area contributed by atoms with Gasteiger partial charge in [-0.3, -0.25) is 38.4 Å². The number of amides is 10. The predicted octanol–water partition coefficient (Wildman–Crippen LogP) is 5.77. The minimum absolute atomic E-state index is 0.0376. The van der Waals surface area contributed by atoms with Crippen LogP contribution in [-0.2, 0) is 47.8 Å². The fourth-order valence-corrected chi connectivity index (χ4v) is 17.2. The highest BCUT2D eigenvalue weighted by Gasteiger charge is 2.51. The molecule has 19 N–H and O–H groups in total. The Morgan fingerprint density at radius 1 is 0.627 bits per heavy atom. The maximum atomic E-state index is 16.3. The molecule has 15 bridgehead atoms. The van der Waals surface area contributed by atoms with Crippen LogP contribution in [0.3, 0.4) is 0 Å². The van der Waals surface area contributed by atoms with E-state index < -0.39 is 214 Å². The molecule has 10 aliphatic rings. The molecule has 10 amide bonds. The summed E-state index contributed by atoms with van der Waals surface area (Å²) < 4.78 is 36.6. The molecule has 0 spiro atoms. The van der Waals surface area contributed by atoms with Gasteiger partial charge in [0.15, 0.2) is 11.5 Å². The molecule has 6 aliphatic heterocycles. The predicted molar refractivity (Wildman–Crippen MR) is 420 cm³/mol. The molecule has 4 aliphatic carbocycles. The molecule has 6 heterocycles. The minimum atomic E-state index is -2.37. The van der Waals surface area contributed by atoms with Crippen molar-refractivity contribution < 1.29 is 117 Å². The number of rotatable bonds is 20. The average molecular weight is 1680 g/mol. The summed E-state index contributed by atoms with van der Waals surface area (Å²) >= 11 is 14.2. The number of aliphatic hydroxyl groups is 6. The van der Waals surface area contributed by atoms with Crippen LogP contribution < -0.4 is 72.5 Å². The highest BCUT2D eigenvalue weighted by molar-refractivity contribution is 6.32. The third kappa shape index (κ3) is 20.0. The molecule has 6 unspecified atom stereocenters. The number of carbonyl (C=O) groups excluding carboxylic acids is 10. The first-order valence-electron chi connectivity index (χ1n) is 39.6. The van der Waals surface area contributed by atoms with Crippen molar-refractivity contribution in [2.24, 2.45) is 35.3 Å². The number of ether oxygens (including phenoxy) is 6. The number of hydrogen-bond acceptors (Lipinski definition) is 24. The number of nitrogens with one attached hydrogen (secondary N) is 9. The van der Waals surface area contributed by atoms with Crippen molar-refractivity contribution in [1.82, 2.24) is 47.9 Å². The van der Waals surface area contributed by atoms with Gasteiger partial charge in [0, 0.05) is 29.8 Å². The lowest BCUT2D eigenvalue weighted by Crippen LogP contribution is -2.60. The van der Waals surface area contributed by atoms with Crippen LogP contribution in [0.4, 0.5) is 9.59 Å². The minimum Gasteiger partial charge on any atom is -0.507 e. The molecule has 5 fully saturated rings. The number of primary amides is 1. The molecule has 636 valence electrons. The third-order valence-electron chi connectivity index (χ3n) is 22.3. The number of alkyl carbamates (subject to hydrolysis) is 1. The lowest BCUT2D eigenvalue weighted by Gasteiger charge is -2.54. The summed E-state index contributed by atoms with van der Waals surface area (Å²) in [5.41, 5.74) is 2.47. The molecule has 34 nitrogen and oxygen atoms in total. The van der Waals surface area contributed by atoms with Crippen molar-refractivity contribution in [3.05, 3.63) is 117 Å². The second-order valence-corrected chi connectivity index (χ2v) is 33.5. The van der Waals surface area contributed by atoms with Gasteiger partial charge in [0.2, 0.25) is 59.3 Å². The Morgan fingerprint density at radius 2 is 1.23 bits per heavy atom. The number of benzene rings is 5. The van der Waals surface area contributed by atoms with E-state index in [1.54, 1.807) is 34.6 Å². The Hall–Kier alpha value is -10.3. The monoisotopic (exact) mass is 1680 g/mol. The number of aliphatic hydroxyl groups excluding tert-OH is 6. The van der Waals surface area contributed by atoms with Crippen LogP contribution >= 0.6 is 23.2 Å². The second kappa shape index (κ2) is 36.9. The van der Waals surface area contributed by atoms with Crippen molar-refractivity contribution in [2.45, 2.75) is 222 Å². The topological polar surface area (TPSA) is 522 Å². The van der Waals surface area contributed by atoms with E-state index >= 15 is 28.8 Å². The summed E-state index contributed by atoms with van der Waals surface area (Å²) in [6.07, 6.45) is -7.75. The van der Waals surface area contributed by atoms with Gasteiger partial charge in [-0.1, -0.05) is 94.3 Å². The first-order valence-corrected chi connectivity index (χ1v) is 40.3. The van der Waals surface area contributed by atoms with Crippen molar-refractivity contribution in [3.63, 3.8) is 0 Å². The first-order chi connectivity index (χ1) is 56.0. The smallest absolute Gasteiger partial charge is 0.412 e. The zero-order chi connectivity index (χ0) is 85.0. The maximum Gasteiger partial charge on any atom is 0.412 e. The summed E-state index contributed by atoms with van der Waals surface area (Å²) in [5.74, 6) is -13.9. The van der Waals surface area contributed by atoms with Crippen molar-refractivity contribution in [3.8, 4) is 57.1 Å². The molecule has 118 heavy (non-hydrogen) atoms. The van der Waals surface area contributed by atoms with Crippen molar-refractivity contribution in [2.75, 3.05) is 13.2 Å². The van der Waals surface area contributed by atoms with E-state index in [4.69, 9.17) is 57.4 Å². The van der Waals surface area contributed by atoms with Gasteiger partial charge < -0.3 is 123 Å². The van der Waals surface area contributed by atoms with Gasteiger partial charge in [0.25, 0.3) is 0 Å². The molecular weight excluding hydrogens is 1580 g/mol. The summed E-state index contributed by atoms with van der Waals surface area (Å²) in [6, 6.07) is -0.526. The number of hydrogen-bond donors (Lipinski definition) is 18. The largest absolute Gasteiger partial charge is 0.507 e. The lowest BCUT2D eigenvalue weighted by atomic mass is 9.54. The van der Waals surface area contributed by atoms with Gasteiger partial charge in [-0.2, -0.15) is 0 Å². The van der Waals surface area contributed by atoms with Crippen LogP contribution in [0.15, 0.2) is 78.9 Å². The van der Waals surface area contributed by atoms with Crippen LogP contribution in [0.25, 0.3) is 11.1 Å². The van der Waals surface area contributed by atoms with Gasteiger partial charge in [-0.05, 0) is 178 Å². The molecule has 1 saturated heterocycles. The summed E-state index contributed by atoms with van der Waals surface area (Å²) in [7, 11) is 0. The number of nitrogens with two attached hydrogens (primary N) is 1. The van der Waals surface area contributed by atoms with Crippen molar-refractivity contribution in [1.29, 1.82) is 0 Å². The zero-order valence-electron chi connectivity index (χ0n) is 65.6. The maximum absolute atomic E-state index is 16.3. The Balaban J connectivity index is 1.04. The fraction of sp³-hybridized carbons (Fsp3) is 0.512. The molecule has 0 aromatic heterocycles. The number of fused-ring (bicyclic) bond motifs is 15. The summed E-state index contributed by atoms with van der Waals surface area (Å²) in [5, 5.41) is 117. The Bertz CT molecular complexity index is 4630. The van der Waals surface area contributed by atoms with Gasteiger partial charge in [0.1, 0.15) is 113 Å². The number of carbonyl (C=O) groups is 10. The molecule has 15 rings (SSSR count). The molecule has 5 aromatic rings. The van der Waals surface area contributed by atoms with E-state index in [0.717, 1.165) is 119 Å². The van der Waals surface area contributed by atoms with E-state index in [0.29, 0.717) is 18.3 Å². The van der Waals surface area contributed by atoms with E-state index in [9.17, 15) is 60.0 Å². The SMILES string of the molecule is CCCCCCCCNC(=O)Oc1cc(O)c2c(c1)[C@@H](C(=O)NC1C3CC4CC(C3)CC1C4)NC(=O)C1NC(=O)[C@H](NC(=O)[C@@H]3NC(=O)[C@H](CC(N)=O)NC(=O)[C@H](NC(=O)[C@@H](CC(C)C)NC(=O)OC(C)(C)C)[C@H](O)c4ccc(c(Cl)c4)Oc4cc3cc(c4OC3OC(CO)C(O)C(O)C3O)Oc3ccc(cc3Cl)[C@H]1O)c1ccc(O)c-2c1. The highest BCUT2D eigenvalue weighted by atomic mass is 35.5. The number of unbranched alkanes of at least 4 members (excludes halogenated alkanes) is 5. The molecule has 36 heteroatoms. The first kappa shape index (κ1) is 87.0. The van der Waals surface area contributed by atoms with E-state index in [-0.39, 0.29) is 81.3 Å². The quantitative estimate of drug-likeness (QED) is 0.0411. The fourth-order valence-electron chi connectivity index (χ4n) is 16.8. The normalized spacial score (nSPS) is 27.6. The van der Waals surface area contributed by atoms with E-state index in [2.05, 4.69) is 54.8 Å². The summed E-state index contributed by atoms with van der Waals surface area (Å²) in [4.78, 5) is 150. The van der Waals surface area contributed by atoms with Gasteiger partial charge >= 0.3 is 12.2 Å². The third-order valence-corrected chi connectivity index (χ3v) is 22.9. The van der Waals surface area contributed by atoms with Crippen LogP contribution in [0.2, 0.25) is 10.0 Å². The van der Waals surface area contributed by atoms with E-state index in [1.807, 2.05) is 0 Å². The van der Waals surface area contributed by atoms with Crippen LogP contribution in [0.1, 0.15) is 183 Å². The number of aromatic hydroxyl groups is 2. The Morgan fingerprint density at radius 3 is 1.84 bits per heavy atom. The molecular formula is C82H100Cl2N10O24.